The highest BCUT2D eigenvalue weighted by Gasteiger charge is 2.29. The molecular formula is C15H30N2O2. The third-order valence-electron chi connectivity index (χ3n) is 4.34. The molecule has 0 aliphatic carbocycles. The lowest BCUT2D eigenvalue weighted by molar-refractivity contribution is -0.180. The van der Waals surface area contributed by atoms with Crippen LogP contribution in [0.1, 0.15) is 59.8 Å². The largest absolute Gasteiger partial charge is 0.295 e. The molecule has 0 aromatic carbocycles. The van der Waals surface area contributed by atoms with Crippen molar-refractivity contribution in [2.45, 2.75) is 84.1 Å². The molecule has 0 aromatic heterocycles. The lowest BCUT2D eigenvalue weighted by Gasteiger charge is -2.25. The van der Waals surface area contributed by atoms with E-state index in [0.717, 1.165) is 32.4 Å². The molecule has 0 radical (unpaired) electrons. The molecule has 2 aliphatic heterocycles. The van der Waals surface area contributed by atoms with Gasteiger partial charge in [0.15, 0.2) is 0 Å². The highest BCUT2D eigenvalue weighted by Crippen LogP contribution is 2.24. The van der Waals surface area contributed by atoms with Crippen molar-refractivity contribution in [3.8, 4) is 0 Å². The summed E-state index contributed by atoms with van der Waals surface area (Å²) in [5, 5.41) is 4.30. The zero-order chi connectivity index (χ0) is 13.8. The minimum absolute atomic E-state index is 0.412. The molecule has 0 aromatic rings. The van der Waals surface area contributed by atoms with Gasteiger partial charge >= 0.3 is 0 Å². The van der Waals surface area contributed by atoms with Crippen LogP contribution in [0.15, 0.2) is 0 Å². The van der Waals surface area contributed by atoms with Crippen molar-refractivity contribution in [2.75, 3.05) is 13.1 Å². The maximum atomic E-state index is 5.95. The van der Waals surface area contributed by atoms with Crippen molar-refractivity contribution in [3.63, 3.8) is 0 Å². The SMILES string of the molecule is CCC1CCN(C(C)CCC2CCN(C(C)C)O2)O1. The fourth-order valence-corrected chi connectivity index (χ4v) is 2.89. The van der Waals surface area contributed by atoms with Gasteiger partial charge in [-0.3, -0.25) is 9.68 Å². The molecule has 112 valence electrons. The summed E-state index contributed by atoms with van der Waals surface area (Å²) < 4.78 is 0. The van der Waals surface area contributed by atoms with Gasteiger partial charge in [-0.05, 0) is 52.9 Å². The fourth-order valence-electron chi connectivity index (χ4n) is 2.89. The van der Waals surface area contributed by atoms with Gasteiger partial charge in [0.05, 0.1) is 12.2 Å². The Bertz CT molecular complexity index is 273. The molecule has 0 spiro atoms. The highest BCUT2D eigenvalue weighted by molar-refractivity contribution is 4.74. The van der Waals surface area contributed by atoms with E-state index in [2.05, 4.69) is 37.8 Å². The number of hydrogen-bond donors (Lipinski definition) is 0. The van der Waals surface area contributed by atoms with E-state index < -0.39 is 0 Å². The van der Waals surface area contributed by atoms with E-state index in [1.54, 1.807) is 0 Å². The molecule has 2 saturated heterocycles. The Labute approximate surface area is 117 Å². The molecule has 3 atom stereocenters. The Morgan fingerprint density at radius 2 is 1.63 bits per heavy atom. The zero-order valence-electron chi connectivity index (χ0n) is 13.0. The molecule has 0 N–H and O–H groups in total. The predicted molar refractivity (Wildman–Crippen MR) is 76.5 cm³/mol. The summed E-state index contributed by atoms with van der Waals surface area (Å²) in [6, 6.07) is 1.00. The molecule has 19 heavy (non-hydrogen) atoms. The van der Waals surface area contributed by atoms with Crippen molar-refractivity contribution in [1.82, 2.24) is 10.1 Å². The Hall–Kier alpha value is -0.160. The average molecular weight is 270 g/mol. The lowest BCUT2D eigenvalue weighted by atomic mass is 10.1. The summed E-state index contributed by atoms with van der Waals surface area (Å²) in [5.74, 6) is 0. The summed E-state index contributed by atoms with van der Waals surface area (Å²) in [6.45, 7) is 11.0. The number of hydrogen-bond acceptors (Lipinski definition) is 4. The Balaban J connectivity index is 1.66. The van der Waals surface area contributed by atoms with E-state index in [9.17, 15) is 0 Å². The zero-order valence-corrected chi connectivity index (χ0v) is 13.0. The quantitative estimate of drug-likeness (QED) is 0.741. The second kappa shape index (κ2) is 7.02. The van der Waals surface area contributed by atoms with Crippen molar-refractivity contribution in [2.24, 2.45) is 0 Å². The van der Waals surface area contributed by atoms with Crippen LogP contribution in [0.4, 0.5) is 0 Å². The van der Waals surface area contributed by atoms with Gasteiger partial charge in [-0.2, -0.15) is 10.1 Å². The molecule has 0 saturated carbocycles. The second-order valence-corrected chi connectivity index (χ2v) is 6.24. The van der Waals surface area contributed by atoms with Gasteiger partial charge < -0.3 is 0 Å². The first kappa shape index (κ1) is 15.2. The van der Waals surface area contributed by atoms with Crippen LogP contribution in [-0.2, 0) is 9.68 Å². The van der Waals surface area contributed by atoms with Crippen LogP contribution in [0.25, 0.3) is 0 Å². The minimum atomic E-state index is 0.412. The second-order valence-electron chi connectivity index (χ2n) is 6.24. The number of rotatable bonds is 6. The van der Waals surface area contributed by atoms with Crippen LogP contribution in [0.3, 0.4) is 0 Å². The monoisotopic (exact) mass is 270 g/mol. The van der Waals surface area contributed by atoms with Crippen LogP contribution >= 0.6 is 0 Å². The van der Waals surface area contributed by atoms with Crippen LogP contribution < -0.4 is 0 Å². The third-order valence-corrected chi connectivity index (χ3v) is 4.34. The standard InChI is InChI=1S/C15H30N2O2/c1-5-14-8-11-17(18-14)13(4)6-7-15-9-10-16(19-15)12(2)3/h12-15H,5-11H2,1-4H3. The first-order valence-corrected chi connectivity index (χ1v) is 7.97. The predicted octanol–water partition coefficient (Wildman–Crippen LogP) is 2.99. The van der Waals surface area contributed by atoms with Crippen LogP contribution in [0.2, 0.25) is 0 Å². The average Bonchev–Trinajstić information content (AvgIpc) is 3.04. The lowest BCUT2D eigenvalue weighted by Crippen LogP contribution is -2.31. The van der Waals surface area contributed by atoms with Gasteiger partial charge in [-0.15, -0.1) is 0 Å². The van der Waals surface area contributed by atoms with Gasteiger partial charge in [0.2, 0.25) is 0 Å². The molecule has 3 unspecified atom stereocenters. The van der Waals surface area contributed by atoms with E-state index in [-0.39, 0.29) is 0 Å². The van der Waals surface area contributed by atoms with Crippen molar-refractivity contribution in [1.29, 1.82) is 0 Å². The summed E-state index contributed by atoms with van der Waals surface area (Å²) >= 11 is 0. The van der Waals surface area contributed by atoms with E-state index >= 15 is 0 Å². The van der Waals surface area contributed by atoms with Gasteiger partial charge in [0, 0.05) is 25.2 Å². The summed E-state index contributed by atoms with van der Waals surface area (Å²) in [4.78, 5) is 11.9. The number of nitrogens with zero attached hydrogens (tertiary/aromatic N) is 2. The van der Waals surface area contributed by atoms with Gasteiger partial charge in [0.25, 0.3) is 0 Å². The third kappa shape index (κ3) is 4.15. The van der Waals surface area contributed by atoms with Crippen LogP contribution in [0, 0.1) is 0 Å². The Kier molecular flexibility index (Phi) is 5.63. The van der Waals surface area contributed by atoms with E-state index in [1.165, 1.54) is 12.8 Å². The van der Waals surface area contributed by atoms with Crippen LogP contribution in [0.5, 0.6) is 0 Å². The molecule has 0 bridgehead atoms. The summed E-state index contributed by atoms with van der Waals surface area (Å²) in [5.41, 5.74) is 0. The maximum Gasteiger partial charge on any atom is 0.0807 e. The minimum Gasteiger partial charge on any atom is -0.295 e. The maximum absolute atomic E-state index is 5.95. The van der Waals surface area contributed by atoms with Gasteiger partial charge in [-0.25, -0.2) is 0 Å². The number of hydroxylamine groups is 4. The van der Waals surface area contributed by atoms with Gasteiger partial charge in [-0.1, -0.05) is 6.92 Å². The van der Waals surface area contributed by atoms with E-state index in [4.69, 9.17) is 9.68 Å². The normalized spacial score (nSPS) is 31.4. The molecule has 2 heterocycles. The molecule has 2 aliphatic rings. The first-order chi connectivity index (χ1) is 9.10. The van der Waals surface area contributed by atoms with Crippen molar-refractivity contribution in [3.05, 3.63) is 0 Å². The van der Waals surface area contributed by atoms with Crippen LogP contribution in [-0.4, -0.2) is 47.5 Å². The Morgan fingerprint density at radius 3 is 2.21 bits per heavy atom. The topological polar surface area (TPSA) is 24.9 Å². The van der Waals surface area contributed by atoms with Crippen molar-refractivity contribution >= 4 is 0 Å². The van der Waals surface area contributed by atoms with E-state index in [0.29, 0.717) is 24.3 Å². The highest BCUT2D eigenvalue weighted by atomic mass is 16.7. The van der Waals surface area contributed by atoms with Gasteiger partial charge in [0.1, 0.15) is 0 Å². The molecule has 2 fully saturated rings. The molecule has 0 amide bonds. The molecular weight excluding hydrogens is 240 g/mol. The summed E-state index contributed by atoms with van der Waals surface area (Å²) in [7, 11) is 0. The smallest absolute Gasteiger partial charge is 0.0807 e. The summed E-state index contributed by atoms with van der Waals surface area (Å²) in [6.07, 6.45) is 6.63. The van der Waals surface area contributed by atoms with E-state index in [1.807, 2.05) is 0 Å². The fraction of sp³-hybridized carbons (Fsp3) is 1.00. The molecule has 2 rings (SSSR count). The first-order valence-electron chi connectivity index (χ1n) is 7.97. The van der Waals surface area contributed by atoms with Crippen molar-refractivity contribution < 1.29 is 9.68 Å². The Morgan fingerprint density at radius 1 is 1.00 bits per heavy atom. The molecule has 4 heteroatoms. The molecule has 4 nitrogen and oxygen atoms in total.